The molecule has 0 saturated carbocycles. The molecule has 0 aliphatic carbocycles. The second-order valence-corrected chi connectivity index (χ2v) is 2.59. The predicted octanol–water partition coefficient (Wildman–Crippen LogP) is 2.81. The minimum atomic E-state index is -5.75. The highest BCUT2D eigenvalue weighted by atomic mass is 19.4. The third-order valence-electron chi connectivity index (χ3n) is 1.30. The Balaban J connectivity index is 5.73. The van der Waals surface area contributed by atoms with Crippen molar-refractivity contribution in [1.82, 2.24) is 0 Å². The first-order valence-corrected chi connectivity index (χ1v) is 3.18. The summed E-state index contributed by atoms with van der Waals surface area (Å²) in [5, 5.41) is 8.95. The van der Waals surface area contributed by atoms with Gasteiger partial charge in [0.05, 0.1) is 0 Å². The summed E-state index contributed by atoms with van der Waals surface area (Å²) in [6.45, 7) is -3.82. The first-order chi connectivity index (χ1) is 7.13. The molecule has 1 unspecified atom stereocenters. The molecule has 1 atom stereocenters. The van der Waals surface area contributed by atoms with Crippen LogP contribution in [0.1, 0.15) is 17.9 Å². The van der Waals surface area contributed by atoms with Gasteiger partial charge in [-0.3, -0.25) is 0 Å². The smallest absolute Gasteiger partial charge is 0.377 e. The Morgan fingerprint density at radius 3 is 1.86 bits per heavy atom. The summed E-state index contributed by atoms with van der Waals surface area (Å²) in [4.78, 5) is 0. The fourth-order valence-corrected chi connectivity index (χ4v) is 0.477. The van der Waals surface area contributed by atoms with E-state index in [1.165, 1.54) is 0 Å². The van der Waals surface area contributed by atoms with Gasteiger partial charge in [0.15, 0.2) is 5.60 Å². The molecule has 7 heteroatoms. The molecule has 0 radical (unpaired) electrons. The van der Waals surface area contributed by atoms with Crippen LogP contribution in [0.25, 0.3) is 0 Å². The topological polar surface area (TPSA) is 20.2 Å². The van der Waals surface area contributed by atoms with Crippen molar-refractivity contribution in [3.8, 4) is 0 Å². The lowest BCUT2D eigenvalue weighted by Gasteiger charge is -2.23. The van der Waals surface area contributed by atoms with E-state index in [1.807, 2.05) is 0 Å². The van der Waals surface area contributed by atoms with E-state index in [2.05, 4.69) is 0 Å². The summed E-state index contributed by atoms with van der Waals surface area (Å²) in [5.74, 6) is 0. The molecular weight excluding hydrogens is 214 g/mol. The molecule has 0 aliphatic heterocycles. The number of hydrogen-bond acceptors (Lipinski definition) is 1. The predicted molar refractivity (Wildman–Crippen MR) is 36.5 cm³/mol. The monoisotopic (exact) mass is 225 g/mol. The van der Waals surface area contributed by atoms with Gasteiger partial charge in [0.2, 0.25) is 0 Å². The van der Waals surface area contributed by atoms with E-state index in [1.54, 1.807) is 0 Å². The number of alkyl halides is 6. The van der Waals surface area contributed by atoms with Crippen LogP contribution < -0.4 is 0 Å². The van der Waals surface area contributed by atoms with Gasteiger partial charge in [-0.05, 0) is 19.9 Å². The molecule has 1 nitrogen and oxygen atoms in total. The summed E-state index contributed by atoms with van der Waals surface area (Å²) in [6, 6.07) is 0. The average molecular weight is 225 g/mol. The van der Waals surface area contributed by atoms with Crippen molar-refractivity contribution in [2.24, 2.45) is 0 Å². The molecule has 0 fully saturated rings. The zero-order chi connectivity index (χ0) is 14.3. The van der Waals surface area contributed by atoms with E-state index >= 15 is 0 Å². The Labute approximate surface area is 80.2 Å². The van der Waals surface area contributed by atoms with Crippen molar-refractivity contribution in [3.63, 3.8) is 0 Å². The van der Waals surface area contributed by atoms with Crippen molar-refractivity contribution in [2.75, 3.05) is 0 Å². The normalized spacial score (nSPS) is 23.4. The van der Waals surface area contributed by atoms with Crippen LogP contribution >= 0.6 is 0 Å². The van der Waals surface area contributed by atoms with Gasteiger partial charge in [-0.15, -0.1) is 0 Å². The Kier molecular flexibility index (Phi) is 2.11. The van der Waals surface area contributed by atoms with E-state index in [-0.39, 0.29) is 6.92 Å². The maximum atomic E-state index is 12.3. The largest absolute Gasteiger partial charge is 0.420 e. The molecule has 0 rings (SSSR count). The fraction of sp³-hybridized carbons (Fsp3) is 0.714. The molecule has 0 heterocycles. The number of aliphatic hydroxyl groups is 1. The van der Waals surface area contributed by atoms with Gasteiger partial charge in [-0.2, -0.15) is 26.3 Å². The molecular formula is C7H8F6O. The average Bonchev–Trinajstić information content (AvgIpc) is 1.97. The molecule has 0 aromatic heterocycles. The minimum Gasteiger partial charge on any atom is -0.377 e. The zero-order valence-corrected chi connectivity index (χ0v) is 6.79. The highest BCUT2D eigenvalue weighted by Gasteiger charge is 2.49. The summed E-state index contributed by atoms with van der Waals surface area (Å²) < 4.78 is 92.5. The minimum absolute atomic E-state index is 0.239. The first-order valence-electron chi connectivity index (χ1n) is 4.68. The summed E-state index contributed by atoms with van der Waals surface area (Å²) in [7, 11) is 0. The van der Waals surface area contributed by atoms with Crippen LogP contribution in [0, 0.1) is 0 Å². The molecule has 0 bridgehead atoms. The Bertz CT molecular complexity index is 299. The molecule has 0 aromatic rings. The van der Waals surface area contributed by atoms with Gasteiger partial charge < -0.3 is 5.11 Å². The standard InChI is InChI=1S/C7H8F6O/c1-4(6(8,9)10)3-5(2,14)7(11,12)13/h3,14H,1-2H3/b4-3+/i2D3. The third-order valence-corrected chi connectivity index (χ3v) is 1.30. The van der Waals surface area contributed by atoms with Crippen LogP contribution in [0.3, 0.4) is 0 Å². The molecule has 84 valence electrons. The molecule has 0 aliphatic rings. The molecule has 0 amide bonds. The van der Waals surface area contributed by atoms with Gasteiger partial charge in [-0.1, -0.05) is 0 Å². The number of allylic oxidation sites excluding steroid dienone is 1. The lowest BCUT2D eigenvalue weighted by Crippen LogP contribution is -2.41. The van der Waals surface area contributed by atoms with Crippen LogP contribution in [0.2, 0.25) is 0 Å². The zero-order valence-electron chi connectivity index (χ0n) is 9.79. The van der Waals surface area contributed by atoms with Crippen LogP contribution in [-0.4, -0.2) is 23.1 Å². The highest BCUT2D eigenvalue weighted by Crippen LogP contribution is 2.35. The van der Waals surface area contributed by atoms with Crippen LogP contribution in [0.15, 0.2) is 11.6 Å². The SMILES string of the molecule is [2H]C([2H])([2H])C(O)(/C=C(\C)C(F)(F)F)C(F)(F)F. The van der Waals surface area contributed by atoms with Crippen molar-refractivity contribution in [3.05, 3.63) is 11.6 Å². The van der Waals surface area contributed by atoms with Crippen LogP contribution in [-0.2, 0) is 0 Å². The quantitative estimate of drug-likeness (QED) is 0.537. The second-order valence-electron chi connectivity index (χ2n) is 2.59. The summed E-state index contributed by atoms with van der Waals surface area (Å²) in [6.07, 6.45) is -11.6. The van der Waals surface area contributed by atoms with Crippen LogP contribution in [0.5, 0.6) is 0 Å². The van der Waals surface area contributed by atoms with E-state index in [0.717, 1.165) is 0 Å². The van der Waals surface area contributed by atoms with Gasteiger partial charge in [0.25, 0.3) is 0 Å². The van der Waals surface area contributed by atoms with Gasteiger partial charge in [0, 0.05) is 9.69 Å². The Hall–Kier alpha value is -0.720. The van der Waals surface area contributed by atoms with Crippen molar-refractivity contribution in [2.45, 2.75) is 31.7 Å². The van der Waals surface area contributed by atoms with E-state index in [0.29, 0.717) is 0 Å². The molecule has 0 spiro atoms. The van der Waals surface area contributed by atoms with Gasteiger partial charge >= 0.3 is 12.4 Å². The number of halogens is 6. The molecule has 0 aromatic carbocycles. The number of rotatable bonds is 1. The number of hydrogen-bond donors (Lipinski definition) is 1. The van der Waals surface area contributed by atoms with Gasteiger partial charge in [0.1, 0.15) is 0 Å². The Morgan fingerprint density at radius 1 is 1.21 bits per heavy atom. The summed E-state index contributed by atoms with van der Waals surface area (Å²) >= 11 is 0. The second kappa shape index (κ2) is 3.45. The molecule has 14 heavy (non-hydrogen) atoms. The van der Waals surface area contributed by atoms with E-state index in [9.17, 15) is 26.3 Å². The Morgan fingerprint density at radius 2 is 1.64 bits per heavy atom. The van der Waals surface area contributed by atoms with Crippen molar-refractivity contribution >= 4 is 0 Å². The maximum Gasteiger partial charge on any atom is 0.420 e. The lowest BCUT2D eigenvalue weighted by molar-refractivity contribution is -0.233. The summed E-state index contributed by atoms with van der Waals surface area (Å²) in [5.41, 5.74) is -6.37. The lowest BCUT2D eigenvalue weighted by atomic mass is 10.0. The highest BCUT2D eigenvalue weighted by molar-refractivity contribution is 5.14. The molecule has 1 N–H and O–H groups in total. The van der Waals surface area contributed by atoms with Crippen molar-refractivity contribution < 1.29 is 35.6 Å². The third kappa shape index (κ3) is 3.21. The molecule has 0 saturated heterocycles. The first kappa shape index (κ1) is 8.58. The van der Waals surface area contributed by atoms with Crippen LogP contribution in [0.4, 0.5) is 26.3 Å². The fourth-order valence-electron chi connectivity index (χ4n) is 0.477. The van der Waals surface area contributed by atoms with E-state index in [4.69, 9.17) is 9.22 Å². The van der Waals surface area contributed by atoms with E-state index < -0.39 is 36.5 Å². The van der Waals surface area contributed by atoms with Crippen molar-refractivity contribution in [1.29, 1.82) is 0 Å². The maximum absolute atomic E-state index is 12.3. The van der Waals surface area contributed by atoms with Gasteiger partial charge in [-0.25, -0.2) is 0 Å².